The Morgan fingerprint density at radius 2 is 1.75 bits per heavy atom. The minimum absolute atomic E-state index is 0.214. The molecule has 0 saturated heterocycles. The SMILES string of the molecule is O=C(O)/C=C(\C(=O)O)c1ccc(F)c(F)c1. The van der Waals surface area contributed by atoms with E-state index in [1.54, 1.807) is 0 Å². The van der Waals surface area contributed by atoms with E-state index in [4.69, 9.17) is 10.2 Å². The van der Waals surface area contributed by atoms with Crippen LogP contribution in [0.1, 0.15) is 5.56 Å². The van der Waals surface area contributed by atoms with Crippen molar-refractivity contribution in [2.75, 3.05) is 0 Å². The molecule has 0 bridgehead atoms. The van der Waals surface area contributed by atoms with Gasteiger partial charge in [0, 0.05) is 6.08 Å². The van der Waals surface area contributed by atoms with Gasteiger partial charge in [0.2, 0.25) is 0 Å². The van der Waals surface area contributed by atoms with Gasteiger partial charge >= 0.3 is 11.9 Å². The van der Waals surface area contributed by atoms with E-state index in [0.717, 1.165) is 12.1 Å². The van der Waals surface area contributed by atoms with Crippen LogP contribution in [0.3, 0.4) is 0 Å². The summed E-state index contributed by atoms with van der Waals surface area (Å²) in [5, 5.41) is 17.1. The van der Waals surface area contributed by atoms with E-state index < -0.39 is 29.1 Å². The molecule has 4 nitrogen and oxygen atoms in total. The van der Waals surface area contributed by atoms with Crippen molar-refractivity contribution in [1.29, 1.82) is 0 Å². The van der Waals surface area contributed by atoms with E-state index in [-0.39, 0.29) is 5.56 Å². The molecule has 0 fully saturated rings. The predicted molar refractivity (Wildman–Crippen MR) is 49.6 cm³/mol. The Morgan fingerprint density at radius 3 is 2.19 bits per heavy atom. The van der Waals surface area contributed by atoms with Crippen molar-refractivity contribution >= 4 is 17.5 Å². The van der Waals surface area contributed by atoms with Crippen molar-refractivity contribution in [3.63, 3.8) is 0 Å². The van der Waals surface area contributed by atoms with E-state index in [2.05, 4.69) is 0 Å². The highest BCUT2D eigenvalue weighted by Crippen LogP contribution is 2.17. The smallest absolute Gasteiger partial charge is 0.336 e. The Labute approximate surface area is 88.4 Å². The van der Waals surface area contributed by atoms with E-state index in [9.17, 15) is 18.4 Å². The number of halogens is 2. The first-order valence-corrected chi connectivity index (χ1v) is 4.05. The van der Waals surface area contributed by atoms with Gasteiger partial charge in [-0.15, -0.1) is 0 Å². The summed E-state index contributed by atoms with van der Waals surface area (Å²) in [5.74, 6) is -5.39. The highest BCUT2D eigenvalue weighted by molar-refractivity contribution is 6.19. The van der Waals surface area contributed by atoms with E-state index >= 15 is 0 Å². The lowest BCUT2D eigenvalue weighted by atomic mass is 10.1. The van der Waals surface area contributed by atoms with Crippen LogP contribution in [0.15, 0.2) is 24.3 Å². The molecule has 0 aliphatic heterocycles. The van der Waals surface area contributed by atoms with E-state index in [0.29, 0.717) is 12.1 Å². The molecule has 6 heteroatoms. The highest BCUT2D eigenvalue weighted by Gasteiger charge is 2.14. The summed E-state index contributed by atoms with van der Waals surface area (Å²) >= 11 is 0. The largest absolute Gasteiger partial charge is 0.478 e. The molecule has 1 rings (SSSR count). The molecule has 0 aromatic heterocycles. The van der Waals surface area contributed by atoms with Crippen molar-refractivity contribution in [2.24, 2.45) is 0 Å². The number of rotatable bonds is 3. The Bertz CT molecular complexity index is 480. The van der Waals surface area contributed by atoms with Crippen molar-refractivity contribution in [3.8, 4) is 0 Å². The van der Waals surface area contributed by atoms with Gasteiger partial charge in [0.25, 0.3) is 0 Å². The van der Waals surface area contributed by atoms with Gasteiger partial charge in [-0.2, -0.15) is 0 Å². The summed E-state index contributed by atoms with van der Waals surface area (Å²) in [4.78, 5) is 21.0. The maximum absolute atomic E-state index is 12.8. The number of hydrogen-bond donors (Lipinski definition) is 2. The number of hydrogen-bond acceptors (Lipinski definition) is 2. The van der Waals surface area contributed by atoms with Gasteiger partial charge in [-0.25, -0.2) is 18.4 Å². The average molecular weight is 228 g/mol. The summed E-state index contributed by atoms with van der Waals surface area (Å²) in [6.45, 7) is 0. The fraction of sp³-hybridized carbons (Fsp3) is 0. The standard InChI is InChI=1S/C10H6F2O4/c11-7-2-1-5(3-8(7)12)6(10(15)16)4-9(13)14/h1-4H,(H,13,14)(H,15,16)/b6-4-. The lowest BCUT2D eigenvalue weighted by Crippen LogP contribution is -2.03. The zero-order valence-corrected chi connectivity index (χ0v) is 7.78. The van der Waals surface area contributed by atoms with Crippen LogP contribution in [0.25, 0.3) is 5.57 Å². The van der Waals surface area contributed by atoms with Crippen LogP contribution in [0.5, 0.6) is 0 Å². The molecule has 84 valence electrons. The van der Waals surface area contributed by atoms with Crippen molar-refractivity contribution in [3.05, 3.63) is 41.5 Å². The maximum Gasteiger partial charge on any atom is 0.336 e. The summed E-state index contributed by atoms with van der Waals surface area (Å²) in [6, 6.07) is 2.34. The lowest BCUT2D eigenvalue weighted by molar-refractivity contribution is -0.133. The lowest BCUT2D eigenvalue weighted by Gasteiger charge is -2.02. The van der Waals surface area contributed by atoms with Gasteiger partial charge in [-0.3, -0.25) is 0 Å². The molecule has 1 aromatic rings. The van der Waals surface area contributed by atoms with Crippen LogP contribution in [0, 0.1) is 11.6 Å². The third kappa shape index (κ3) is 2.63. The number of carbonyl (C=O) groups is 2. The summed E-state index contributed by atoms with van der Waals surface area (Å²) in [7, 11) is 0. The molecule has 0 spiro atoms. The number of aliphatic carboxylic acids is 2. The Hall–Kier alpha value is -2.24. The highest BCUT2D eigenvalue weighted by atomic mass is 19.2. The molecule has 0 heterocycles. The molecular weight excluding hydrogens is 222 g/mol. The molecule has 0 amide bonds. The topological polar surface area (TPSA) is 74.6 Å². The zero-order chi connectivity index (χ0) is 12.3. The zero-order valence-electron chi connectivity index (χ0n) is 7.78. The fourth-order valence-electron chi connectivity index (χ4n) is 1.06. The van der Waals surface area contributed by atoms with Gasteiger partial charge in [0.05, 0.1) is 5.57 Å². The molecule has 0 aliphatic carbocycles. The predicted octanol–water partition coefficient (Wildman–Crippen LogP) is 1.52. The summed E-state index contributed by atoms with van der Waals surface area (Å²) < 4.78 is 25.4. The number of carboxylic acid groups (broad SMARTS) is 2. The first-order chi connectivity index (χ1) is 7.41. The third-order valence-electron chi connectivity index (χ3n) is 1.73. The van der Waals surface area contributed by atoms with Gasteiger partial charge in [-0.1, -0.05) is 6.07 Å². The minimum atomic E-state index is -1.53. The molecular formula is C10H6F2O4. The second kappa shape index (κ2) is 4.52. The Kier molecular flexibility index (Phi) is 3.34. The number of benzene rings is 1. The second-order valence-electron chi connectivity index (χ2n) is 2.83. The van der Waals surface area contributed by atoms with Crippen LogP contribution >= 0.6 is 0 Å². The van der Waals surface area contributed by atoms with Crippen molar-refractivity contribution < 1.29 is 28.6 Å². The first kappa shape index (κ1) is 11.8. The Morgan fingerprint density at radius 1 is 1.12 bits per heavy atom. The molecule has 16 heavy (non-hydrogen) atoms. The molecule has 0 unspecified atom stereocenters. The van der Waals surface area contributed by atoms with Crippen molar-refractivity contribution in [2.45, 2.75) is 0 Å². The molecule has 1 aromatic carbocycles. The second-order valence-corrected chi connectivity index (χ2v) is 2.83. The quantitative estimate of drug-likeness (QED) is 0.769. The molecule has 2 N–H and O–H groups in total. The molecule has 0 radical (unpaired) electrons. The first-order valence-electron chi connectivity index (χ1n) is 4.05. The van der Waals surface area contributed by atoms with Gasteiger partial charge in [-0.05, 0) is 17.7 Å². The maximum atomic E-state index is 12.8. The molecule has 0 aliphatic rings. The molecule has 0 atom stereocenters. The van der Waals surface area contributed by atoms with Crippen LogP contribution in [0.4, 0.5) is 8.78 Å². The van der Waals surface area contributed by atoms with Gasteiger partial charge in [0.15, 0.2) is 11.6 Å². The van der Waals surface area contributed by atoms with E-state index in [1.807, 2.05) is 0 Å². The number of carboxylic acids is 2. The fourth-order valence-corrected chi connectivity index (χ4v) is 1.06. The monoisotopic (exact) mass is 228 g/mol. The van der Waals surface area contributed by atoms with E-state index in [1.165, 1.54) is 0 Å². The summed E-state index contributed by atoms with van der Waals surface area (Å²) in [6.07, 6.45) is 0.412. The van der Waals surface area contributed by atoms with Crippen LogP contribution < -0.4 is 0 Å². The normalized spacial score (nSPS) is 11.2. The van der Waals surface area contributed by atoms with Crippen LogP contribution in [0.2, 0.25) is 0 Å². The third-order valence-corrected chi connectivity index (χ3v) is 1.73. The average Bonchev–Trinajstić information content (AvgIpc) is 2.18. The molecule has 0 saturated carbocycles. The summed E-state index contributed by atoms with van der Waals surface area (Å²) in [5.41, 5.74) is -0.833. The van der Waals surface area contributed by atoms with Gasteiger partial charge in [0.1, 0.15) is 0 Å². The van der Waals surface area contributed by atoms with Crippen LogP contribution in [-0.2, 0) is 9.59 Å². The van der Waals surface area contributed by atoms with Crippen molar-refractivity contribution in [1.82, 2.24) is 0 Å². The van der Waals surface area contributed by atoms with Crippen LogP contribution in [-0.4, -0.2) is 22.2 Å². The van der Waals surface area contributed by atoms with Gasteiger partial charge < -0.3 is 10.2 Å². The Balaban J connectivity index is 3.27. The minimum Gasteiger partial charge on any atom is -0.478 e.